The van der Waals surface area contributed by atoms with Crippen molar-refractivity contribution in [3.05, 3.63) is 52.8 Å². The summed E-state index contributed by atoms with van der Waals surface area (Å²) in [7, 11) is 0. The summed E-state index contributed by atoms with van der Waals surface area (Å²) in [6, 6.07) is 8.68. The average Bonchev–Trinajstić information content (AvgIpc) is 3.08. The van der Waals surface area contributed by atoms with E-state index in [1.807, 2.05) is 6.92 Å². The molecule has 0 spiro atoms. The maximum absolute atomic E-state index is 12.4. The van der Waals surface area contributed by atoms with Crippen molar-refractivity contribution in [3.8, 4) is 5.75 Å². The van der Waals surface area contributed by atoms with Gasteiger partial charge in [0.25, 0.3) is 5.91 Å². The second-order valence-electron chi connectivity index (χ2n) is 5.73. The van der Waals surface area contributed by atoms with Gasteiger partial charge in [0.05, 0.1) is 17.4 Å². The third kappa shape index (κ3) is 4.24. The minimum Gasteiger partial charge on any atom is -0.489 e. The molecule has 1 fully saturated rings. The summed E-state index contributed by atoms with van der Waals surface area (Å²) in [5.41, 5.74) is 1.87. The van der Waals surface area contributed by atoms with Crippen LogP contribution in [-0.2, 0) is 4.74 Å². The first kappa shape index (κ1) is 16.7. The van der Waals surface area contributed by atoms with Gasteiger partial charge in [-0.3, -0.25) is 9.78 Å². The van der Waals surface area contributed by atoms with E-state index in [-0.39, 0.29) is 12.0 Å². The van der Waals surface area contributed by atoms with Gasteiger partial charge in [-0.05, 0) is 50.1 Å². The Morgan fingerprint density at radius 3 is 3.00 bits per heavy atom. The molecule has 1 aliphatic heterocycles. The number of ether oxygens (including phenoxy) is 2. The highest BCUT2D eigenvalue weighted by atomic mass is 35.5. The highest BCUT2D eigenvalue weighted by Crippen LogP contribution is 2.29. The molecular weight excluding hydrogens is 328 g/mol. The zero-order valence-corrected chi connectivity index (χ0v) is 14.2. The normalized spacial score (nSPS) is 16.8. The van der Waals surface area contributed by atoms with E-state index < -0.39 is 0 Å². The van der Waals surface area contributed by atoms with E-state index in [1.165, 1.54) is 0 Å². The third-order valence-electron chi connectivity index (χ3n) is 3.81. The van der Waals surface area contributed by atoms with Crippen LogP contribution in [0.15, 0.2) is 36.5 Å². The second kappa shape index (κ2) is 7.64. The third-order valence-corrected chi connectivity index (χ3v) is 4.05. The van der Waals surface area contributed by atoms with E-state index in [9.17, 15) is 4.79 Å². The fourth-order valence-electron chi connectivity index (χ4n) is 2.48. The van der Waals surface area contributed by atoms with Crippen molar-refractivity contribution in [2.45, 2.75) is 25.9 Å². The lowest BCUT2D eigenvalue weighted by Crippen LogP contribution is -2.18. The molecule has 6 heteroatoms. The number of hydrogen-bond acceptors (Lipinski definition) is 4. The van der Waals surface area contributed by atoms with Crippen LogP contribution in [0.25, 0.3) is 0 Å². The number of halogens is 1. The van der Waals surface area contributed by atoms with E-state index in [0.717, 1.165) is 25.1 Å². The summed E-state index contributed by atoms with van der Waals surface area (Å²) in [5.74, 6) is 0.315. The standard InChI is InChI=1S/C18H19ClN2O3/c1-12-4-5-13(10-20-12)18(22)21-16-9-14(19)6-7-17(16)24-11-15-3-2-8-23-15/h4-7,9-10,15H,2-3,8,11H2,1H3,(H,21,22). The number of aromatic nitrogens is 1. The van der Waals surface area contributed by atoms with Gasteiger partial charge in [-0.2, -0.15) is 0 Å². The lowest BCUT2D eigenvalue weighted by atomic mass is 10.2. The van der Waals surface area contributed by atoms with E-state index in [1.54, 1.807) is 36.5 Å². The Bertz CT molecular complexity index is 713. The molecule has 1 saturated heterocycles. The van der Waals surface area contributed by atoms with Crippen LogP contribution < -0.4 is 10.1 Å². The Balaban J connectivity index is 1.72. The van der Waals surface area contributed by atoms with Gasteiger partial charge in [-0.25, -0.2) is 0 Å². The molecule has 3 rings (SSSR count). The Labute approximate surface area is 145 Å². The number of rotatable bonds is 5. The molecule has 0 aliphatic carbocycles. The lowest BCUT2D eigenvalue weighted by molar-refractivity contribution is 0.0682. The van der Waals surface area contributed by atoms with Crippen LogP contribution in [0.3, 0.4) is 0 Å². The molecule has 0 radical (unpaired) electrons. The highest BCUT2D eigenvalue weighted by Gasteiger charge is 2.17. The van der Waals surface area contributed by atoms with Gasteiger partial charge < -0.3 is 14.8 Å². The first-order valence-electron chi connectivity index (χ1n) is 7.90. The van der Waals surface area contributed by atoms with E-state index in [0.29, 0.717) is 28.6 Å². The molecule has 1 aliphatic rings. The predicted molar refractivity (Wildman–Crippen MR) is 92.8 cm³/mol. The van der Waals surface area contributed by atoms with Crippen LogP contribution in [0.1, 0.15) is 28.9 Å². The first-order chi connectivity index (χ1) is 11.6. The van der Waals surface area contributed by atoms with Gasteiger partial charge in [0.15, 0.2) is 0 Å². The Morgan fingerprint density at radius 1 is 1.42 bits per heavy atom. The molecule has 1 aromatic heterocycles. The number of anilines is 1. The quantitative estimate of drug-likeness (QED) is 0.893. The van der Waals surface area contributed by atoms with Gasteiger partial charge in [-0.15, -0.1) is 0 Å². The van der Waals surface area contributed by atoms with Crippen molar-refractivity contribution < 1.29 is 14.3 Å². The fraction of sp³-hybridized carbons (Fsp3) is 0.333. The van der Waals surface area contributed by atoms with Gasteiger partial charge in [0.1, 0.15) is 12.4 Å². The molecular formula is C18H19ClN2O3. The molecule has 0 bridgehead atoms. The largest absolute Gasteiger partial charge is 0.489 e. The summed E-state index contributed by atoms with van der Waals surface area (Å²) in [6.07, 6.45) is 3.69. The number of hydrogen-bond donors (Lipinski definition) is 1. The van der Waals surface area contributed by atoms with Crippen molar-refractivity contribution in [1.29, 1.82) is 0 Å². The maximum Gasteiger partial charge on any atom is 0.257 e. The number of carbonyl (C=O) groups excluding carboxylic acids is 1. The topological polar surface area (TPSA) is 60.5 Å². The molecule has 1 amide bonds. The number of carbonyl (C=O) groups is 1. The number of aryl methyl sites for hydroxylation is 1. The molecule has 2 heterocycles. The Morgan fingerprint density at radius 2 is 2.29 bits per heavy atom. The molecule has 1 atom stereocenters. The fourth-order valence-corrected chi connectivity index (χ4v) is 2.65. The Hall–Kier alpha value is -2.11. The second-order valence-corrected chi connectivity index (χ2v) is 6.17. The van der Waals surface area contributed by atoms with Crippen molar-refractivity contribution in [3.63, 3.8) is 0 Å². The average molecular weight is 347 g/mol. The smallest absolute Gasteiger partial charge is 0.257 e. The van der Waals surface area contributed by atoms with Crippen LogP contribution in [0, 0.1) is 6.92 Å². The summed E-state index contributed by atoms with van der Waals surface area (Å²) >= 11 is 6.05. The highest BCUT2D eigenvalue weighted by molar-refractivity contribution is 6.31. The number of amides is 1. The van der Waals surface area contributed by atoms with Gasteiger partial charge in [0.2, 0.25) is 0 Å². The maximum atomic E-state index is 12.4. The zero-order valence-electron chi connectivity index (χ0n) is 13.4. The van der Waals surface area contributed by atoms with Crippen LogP contribution in [0.4, 0.5) is 5.69 Å². The van der Waals surface area contributed by atoms with Crippen molar-refractivity contribution in [2.24, 2.45) is 0 Å². The monoisotopic (exact) mass is 346 g/mol. The van der Waals surface area contributed by atoms with Crippen molar-refractivity contribution >= 4 is 23.2 Å². The molecule has 1 aromatic carbocycles. The molecule has 5 nitrogen and oxygen atoms in total. The van der Waals surface area contributed by atoms with Crippen molar-refractivity contribution in [1.82, 2.24) is 4.98 Å². The summed E-state index contributed by atoms with van der Waals surface area (Å²) in [6.45, 7) is 3.10. The van der Waals surface area contributed by atoms with E-state index in [4.69, 9.17) is 21.1 Å². The summed E-state index contributed by atoms with van der Waals surface area (Å²) < 4.78 is 11.4. The summed E-state index contributed by atoms with van der Waals surface area (Å²) in [5, 5.41) is 3.36. The van der Waals surface area contributed by atoms with Crippen molar-refractivity contribution in [2.75, 3.05) is 18.5 Å². The minimum absolute atomic E-state index is 0.102. The molecule has 1 unspecified atom stereocenters. The minimum atomic E-state index is -0.258. The number of benzene rings is 1. The SMILES string of the molecule is Cc1ccc(C(=O)Nc2cc(Cl)ccc2OCC2CCCO2)cn1. The van der Waals surface area contributed by atoms with Gasteiger partial charge in [0, 0.05) is 23.5 Å². The lowest BCUT2D eigenvalue weighted by Gasteiger charge is -2.15. The zero-order chi connectivity index (χ0) is 16.9. The molecule has 2 aromatic rings. The molecule has 0 saturated carbocycles. The molecule has 1 N–H and O–H groups in total. The molecule has 126 valence electrons. The number of nitrogens with one attached hydrogen (secondary N) is 1. The summed E-state index contributed by atoms with van der Waals surface area (Å²) in [4.78, 5) is 16.5. The van der Waals surface area contributed by atoms with Crippen LogP contribution in [0.5, 0.6) is 5.75 Å². The van der Waals surface area contributed by atoms with Crippen LogP contribution in [0.2, 0.25) is 5.02 Å². The van der Waals surface area contributed by atoms with E-state index >= 15 is 0 Å². The van der Waals surface area contributed by atoms with Crippen LogP contribution >= 0.6 is 11.6 Å². The first-order valence-corrected chi connectivity index (χ1v) is 8.27. The number of nitrogens with zero attached hydrogens (tertiary/aromatic N) is 1. The van der Waals surface area contributed by atoms with Gasteiger partial charge >= 0.3 is 0 Å². The Kier molecular flexibility index (Phi) is 5.33. The predicted octanol–water partition coefficient (Wildman–Crippen LogP) is 3.85. The number of pyridine rings is 1. The van der Waals surface area contributed by atoms with Crippen LogP contribution in [-0.4, -0.2) is 30.2 Å². The van der Waals surface area contributed by atoms with Gasteiger partial charge in [-0.1, -0.05) is 11.6 Å². The molecule has 24 heavy (non-hydrogen) atoms. The van der Waals surface area contributed by atoms with E-state index in [2.05, 4.69) is 10.3 Å².